The van der Waals surface area contributed by atoms with Crippen molar-refractivity contribution in [2.75, 3.05) is 47.5 Å². The molecule has 0 aliphatic rings. The normalized spacial score (nSPS) is 13.2. The van der Waals surface area contributed by atoms with Crippen LogP contribution in [-0.2, 0) is 33.3 Å². The molecule has 0 aromatic heterocycles. The summed E-state index contributed by atoms with van der Waals surface area (Å²) in [5, 5.41) is 11.9. The zero-order valence-corrected chi connectivity index (χ0v) is 62.8. The summed E-state index contributed by atoms with van der Waals surface area (Å²) >= 11 is 0. The molecule has 0 aromatic carbocycles. The number of carbonyl (C=O) groups is 3. The van der Waals surface area contributed by atoms with Gasteiger partial charge in [0.15, 0.2) is 12.4 Å². The Morgan fingerprint density at radius 3 is 0.842 bits per heavy atom. The van der Waals surface area contributed by atoms with Crippen LogP contribution in [0, 0.1) is 0 Å². The highest BCUT2D eigenvalue weighted by Crippen LogP contribution is 2.19. The van der Waals surface area contributed by atoms with E-state index in [4.69, 9.17) is 18.9 Å². The summed E-state index contributed by atoms with van der Waals surface area (Å²) in [4.78, 5) is 37.6. The van der Waals surface area contributed by atoms with Crippen molar-refractivity contribution in [3.63, 3.8) is 0 Å². The van der Waals surface area contributed by atoms with Crippen molar-refractivity contribution in [1.82, 2.24) is 0 Å². The third-order valence-electron chi connectivity index (χ3n) is 17.5. The maximum atomic E-state index is 13.0. The maximum absolute atomic E-state index is 13.0. The number of quaternary nitrogens is 1. The van der Waals surface area contributed by atoms with Gasteiger partial charge in [0.2, 0.25) is 0 Å². The first-order chi connectivity index (χ1) is 46.6. The Hall–Kier alpha value is -4.05. The molecule has 0 spiro atoms. The highest BCUT2D eigenvalue weighted by Gasteiger charge is 2.22. The van der Waals surface area contributed by atoms with Gasteiger partial charge in [-0.2, -0.15) is 0 Å². The van der Waals surface area contributed by atoms with E-state index in [2.05, 4.69) is 123 Å². The Bertz CT molecular complexity index is 1930. The Morgan fingerprint density at radius 1 is 0.316 bits per heavy atom. The third-order valence-corrected chi connectivity index (χ3v) is 17.5. The number of rotatable bonds is 74. The van der Waals surface area contributed by atoms with E-state index < -0.39 is 24.3 Å². The van der Waals surface area contributed by atoms with Crippen LogP contribution in [0.4, 0.5) is 0 Å². The van der Waals surface area contributed by atoms with Crippen molar-refractivity contribution in [3.05, 3.63) is 109 Å². The van der Waals surface area contributed by atoms with Crippen LogP contribution in [0.1, 0.15) is 361 Å². The average Bonchev–Trinajstić information content (AvgIpc) is 3.54. The number of ether oxygens (including phenoxy) is 4. The summed E-state index contributed by atoms with van der Waals surface area (Å²) in [6, 6.07) is 0. The van der Waals surface area contributed by atoms with Crippen molar-refractivity contribution in [1.29, 1.82) is 0 Å². The minimum atomic E-state index is -1.62. The molecule has 0 N–H and O–H groups in total. The Balaban J connectivity index is 3.97. The van der Waals surface area contributed by atoms with Crippen LogP contribution >= 0.6 is 0 Å². The zero-order valence-electron chi connectivity index (χ0n) is 62.8. The number of hydrogen-bond donors (Lipinski definition) is 0. The predicted molar refractivity (Wildman–Crippen MR) is 407 cm³/mol. The third kappa shape index (κ3) is 77.2. The molecule has 0 saturated carbocycles. The second-order valence-electron chi connectivity index (χ2n) is 27.9. The van der Waals surface area contributed by atoms with E-state index in [9.17, 15) is 19.5 Å². The number of nitrogens with zero attached hydrogens (tertiary/aromatic N) is 1. The number of allylic oxidation sites excluding steroid dienone is 18. The molecule has 0 rings (SSSR count). The molecular formula is C86H151NO8. The fourth-order valence-electron chi connectivity index (χ4n) is 11.5. The lowest BCUT2D eigenvalue weighted by atomic mass is 10.0. The minimum Gasteiger partial charge on any atom is -0.545 e. The summed E-state index contributed by atoms with van der Waals surface area (Å²) in [6.07, 6.45) is 104. The van der Waals surface area contributed by atoms with Gasteiger partial charge in [0.05, 0.1) is 40.3 Å². The van der Waals surface area contributed by atoms with Crippen LogP contribution in [0.25, 0.3) is 0 Å². The second-order valence-corrected chi connectivity index (χ2v) is 27.9. The van der Waals surface area contributed by atoms with Gasteiger partial charge in [0, 0.05) is 12.8 Å². The van der Waals surface area contributed by atoms with Gasteiger partial charge < -0.3 is 33.3 Å². The zero-order chi connectivity index (χ0) is 69.0. The van der Waals surface area contributed by atoms with Gasteiger partial charge in [0.25, 0.3) is 0 Å². The summed E-state index contributed by atoms with van der Waals surface area (Å²) < 4.78 is 22.9. The van der Waals surface area contributed by atoms with Crippen LogP contribution in [0.15, 0.2) is 109 Å². The molecule has 0 aliphatic carbocycles. The van der Waals surface area contributed by atoms with E-state index in [1.165, 1.54) is 238 Å². The topological polar surface area (TPSA) is 111 Å². The summed E-state index contributed by atoms with van der Waals surface area (Å²) in [6.45, 7) is 4.57. The molecule has 0 aliphatic heterocycles. The number of esters is 2. The average molecular weight is 1330 g/mol. The van der Waals surface area contributed by atoms with Gasteiger partial charge in [-0.3, -0.25) is 9.59 Å². The van der Waals surface area contributed by atoms with Crippen molar-refractivity contribution >= 4 is 17.9 Å². The number of carbonyl (C=O) groups excluding carboxylic acids is 3. The fourth-order valence-corrected chi connectivity index (χ4v) is 11.5. The number of carboxylic acids is 1. The number of hydrogen-bond acceptors (Lipinski definition) is 8. The Labute approximate surface area is 587 Å². The molecule has 0 radical (unpaired) electrons. The van der Waals surface area contributed by atoms with Crippen molar-refractivity contribution in [2.24, 2.45) is 0 Å². The first kappa shape index (κ1) is 91.0. The molecule has 95 heavy (non-hydrogen) atoms. The highest BCUT2D eigenvalue weighted by atomic mass is 16.7. The van der Waals surface area contributed by atoms with E-state index >= 15 is 0 Å². The molecule has 0 amide bonds. The van der Waals surface area contributed by atoms with Crippen molar-refractivity contribution < 1.29 is 42.9 Å². The van der Waals surface area contributed by atoms with Gasteiger partial charge >= 0.3 is 11.9 Å². The summed E-state index contributed by atoms with van der Waals surface area (Å²) in [7, 11) is 5.94. The van der Waals surface area contributed by atoms with Crippen LogP contribution in [0.5, 0.6) is 0 Å². The molecule has 0 saturated heterocycles. The smallest absolute Gasteiger partial charge is 0.306 e. The maximum Gasteiger partial charge on any atom is 0.306 e. The SMILES string of the molecule is CC/C=C\C/C=C\C/C=C\C/C=C\C/C=C\CCCCCCCCCCCCCCCCCCCCCCCCCCCC(=O)OC(COC(=O)CCCCCCCCCCCCCCCCCC/C=C\C/C=C\C/C=C\C/C=C\CC)COC(OCC[N+](C)(C)C)C(=O)[O-]. The summed E-state index contributed by atoms with van der Waals surface area (Å²) in [5.74, 6) is -2.26. The lowest BCUT2D eigenvalue weighted by Crippen LogP contribution is -2.44. The molecule has 9 heteroatoms. The molecule has 0 fully saturated rings. The van der Waals surface area contributed by atoms with Gasteiger partial charge in [-0.25, -0.2) is 0 Å². The number of unbranched alkanes of at least 4 members (excludes halogenated alkanes) is 41. The van der Waals surface area contributed by atoms with Gasteiger partial charge in [-0.15, -0.1) is 0 Å². The first-order valence-electron chi connectivity index (χ1n) is 40.0. The van der Waals surface area contributed by atoms with E-state index in [1.54, 1.807) is 0 Å². The van der Waals surface area contributed by atoms with Crippen LogP contribution in [-0.4, -0.2) is 82.3 Å². The van der Waals surface area contributed by atoms with Gasteiger partial charge in [-0.1, -0.05) is 361 Å². The lowest BCUT2D eigenvalue weighted by molar-refractivity contribution is -0.870. The summed E-state index contributed by atoms with van der Waals surface area (Å²) in [5.41, 5.74) is 0. The Kier molecular flexibility index (Phi) is 72.5. The van der Waals surface area contributed by atoms with E-state index in [1.807, 2.05) is 21.1 Å². The molecule has 2 unspecified atom stereocenters. The second kappa shape index (κ2) is 75.7. The van der Waals surface area contributed by atoms with Crippen LogP contribution in [0.2, 0.25) is 0 Å². The Morgan fingerprint density at radius 2 is 0.568 bits per heavy atom. The van der Waals surface area contributed by atoms with Crippen molar-refractivity contribution in [2.45, 2.75) is 373 Å². The molecular weight excluding hydrogens is 1170 g/mol. The number of likely N-dealkylation sites (N-methyl/N-ethyl adjacent to an activating group) is 1. The quantitative estimate of drug-likeness (QED) is 0.0195. The molecule has 2 atom stereocenters. The molecule has 0 bridgehead atoms. The van der Waals surface area contributed by atoms with Crippen molar-refractivity contribution in [3.8, 4) is 0 Å². The minimum absolute atomic E-state index is 0.147. The van der Waals surface area contributed by atoms with Gasteiger partial charge in [0.1, 0.15) is 13.2 Å². The fraction of sp³-hybridized carbons (Fsp3) is 0.756. The standard InChI is InChI=1S/C86H151NO8/c1-6-8-10-12-14-16-18-20-22-24-26-28-30-32-34-36-37-38-39-40-41-42-43-44-45-46-47-49-51-53-55-57-59-61-63-65-67-69-71-73-75-77-84(89)95-82(81-94-86(85(90)91)92-79-78-87(3,4)5)80-93-83(88)76-74-72-70-68-66-64-62-60-58-56-54-52-50-48-35-33-31-29-27-25-23-21-19-17-15-13-11-9-7-2/h8-11,14-17,20-23,26-29,32,34,82,86H,6-7,12-13,18-19,24-25,30-31,33,35-81H2,1-5H3/b10-8-,11-9-,16-14-,17-15-,22-20-,23-21-,28-26-,29-27-,34-32-. The molecule has 548 valence electrons. The number of aliphatic carboxylic acids is 1. The largest absolute Gasteiger partial charge is 0.545 e. The van der Waals surface area contributed by atoms with E-state index in [-0.39, 0.29) is 32.2 Å². The first-order valence-corrected chi connectivity index (χ1v) is 40.0. The highest BCUT2D eigenvalue weighted by molar-refractivity contribution is 5.70. The molecule has 9 nitrogen and oxygen atoms in total. The van der Waals surface area contributed by atoms with Crippen LogP contribution in [0.3, 0.4) is 0 Å². The van der Waals surface area contributed by atoms with Crippen LogP contribution < -0.4 is 5.11 Å². The lowest BCUT2D eigenvalue weighted by Gasteiger charge is -2.26. The molecule has 0 heterocycles. The number of carboxylic acid groups (broad SMARTS) is 1. The monoisotopic (exact) mass is 1330 g/mol. The van der Waals surface area contributed by atoms with E-state index in [0.717, 1.165) is 89.9 Å². The molecule has 0 aromatic rings. The van der Waals surface area contributed by atoms with Gasteiger partial charge in [-0.05, 0) is 96.3 Å². The predicted octanol–water partition coefficient (Wildman–Crippen LogP) is 24.4. The van der Waals surface area contributed by atoms with E-state index in [0.29, 0.717) is 23.9 Å².